The molecule has 1 aliphatic rings. The third-order valence-electron chi connectivity index (χ3n) is 5.97. The zero-order valence-corrected chi connectivity index (χ0v) is 20.8. The Morgan fingerprint density at radius 2 is 1.35 bits per heavy atom. The summed E-state index contributed by atoms with van der Waals surface area (Å²) in [5.74, 6) is -1.93. The van der Waals surface area contributed by atoms with E-state index in [0.717, 1.165) is 66.5 Å². The summed E-state index contributed by atoms with van der Waals surface area (Å²) in [4.78, 5) is 35.5. The number of hydrogen-bond acceptors (Lipinski definition) is 6. The second-order valence-corrected chi connectivity index (χ2v) is 8.30. The number of rotatable bonds is 6. The Labute approximate surface area is 215 Å². The molecule has 0 aliphatic carbocycles. The van der Waals surface area contributed by atoms with Crippen molar-refractivity contribution < 1.29 is 34.1 Å². The van der Waals surface area contributed by atoms with Gasteiger partial charge in [0.2, 0.25) is 0 Å². The molecule has 194 valence electrons. The predicted molar refractivity (Wildman–Crippen MR) is 138 cm³/mol. The van der Waals surface area contributed by atoms with E-state index in [2.05, 4.69) is 17.0 Å². The van der Waals surface area contributed by atoms with Crippen molar-refractivity contribution >= 4 is 17.8 Å². The van der Waals surface area contributed by atoms with Crippen molar-refractivity contribution in [3.63, 3.8) is 0 Å². The zero-order chi connectivity index (χ0) is 26.8. The molecule has 9 heteroatoms. The van der Waals surface area contributed by atoms with Crippen LogP contribution >= 0.6 is 0 Å². The highest BCUT2D eigenvalue weighted by molar-refractivity contribution is 6.27. The van der Waals surface area contributed by atoms with E-state index in [-0.39, 0.29) is 5.91 Å². The maximum absolute atomic E-state index is 13.0. The molecule has 2 N–H and O–H groups in total. The predicted octanol–water partition coefficient (Wildman–Crippen LogP) is 3.48. The van der Waals surface area contributed by atoms with Crippen LogP contribution in [0.15, 0.2) is 72.8 Å². The Morgan fingerprint density at radius 1 is 0.757 bits per heavy atom. The molecule has 3 aromatic carbocycles. The Bertz CT molecular complexity index is 1190. The van der Waals surface area contributed by atoms with Gasteiger partial charge in [0.15, 0.2) is 0 Å². The van der Waals surface area contributed by atoms with Gasteiger partial charge in [0.1, 0.15) is 11.5 Å². The van der Waals surface area contributed by atoms with E-state index in [1.165, 1.54) is 0 Å². The standard InChI is InChI=1S/C26H28N2O3.C2H2O4/c1-30-24-13-12-23(25(18-24)31-2)19-27-14-16-28(17-15-27)26(29)22-10-8-21(9-11-22)20-6-4-3-5-7-20;3-1(4)2(5)6/h3-13,18H,14-17,19H2,1-2H3;(H,3,4)(H,5,6). The fraction of sp³-hybridized carbons (Fsp3) is 0.250. The average molecular weight is 507 g/mol. The van der Waals surface area contributed by atoms with Gasteiger partial charge in [0.25, 0.3) is 5.91 Å². The van der Waals surface area contributed by atoms with Gasteiger partial charge in [-0.25, -0.2) is 9.59 Å². The SMILES string of the molecule is COc1ccc(CN2CCN(C(=O)c3ccc(-c4ccccc4)cc3)CC2)c(OC)c1.O=C(O)C(=O)O. The number of carboxylic acid groups (broad SMARTS) is 2. The molecule has 0 aromatic heterocycles. The summed E-state index contributed by atoms with van der Waals surface area (Å²) < 4.78 is 10.8. The molecule has 1 aliphatic heterocycles. The maximum Gasteiger partial charge on any atom is 0.414 e. The van der Waals surface area contributed by atoms with Crippen molar-refractivity contribution in [2.75, 3.05) is 40.4 Å². The van der Waals surface area contributed by atoms with E-state index in [4.69, 9.17) is 29.3 Å². The largest absolute Gasteiger partial charge is 0.497 e. The second kappa shape index (κ2) is 13.1. The molecule has 0 spiro atoms. The van der Waals surface area contributed by atoms with Gasteiger partial charge in [0, 0.05) is 49.9 Å². The van der Waals surface area contributed by atoms with Crippen LogP contribution < -0.4 is 9.47 Å². The second-order valence-electron chi connectivity index (χ2n) is 8.30. The van der Waals surface area contributed by atoms with E-state index in [0.29, 0.717) is 0 Å². The van der Waals surface area contributed by atoms with E-state index in [1.807, 2.05) is 65.6 Å². The highest BCUT2D eigenvalue weighted by atomic mass is 16.5. The first kappa shape index (κ1) is 27.2. The smallest absolute Gasteiger partial charge is 0.414 e. The third kappa shape index (κ3) is 7.55. The van der Waals surface area contributed by atoms with Crippen molar-refractivity contribution in [1.29, 1.82) is 0 Å². The molecular weight excluding hydrogens is 476 g/mol. The summed E-state index contributed by atoms with van der Waals surface area (Å²) in [5.41, 5.74) is 4.14. The minimum atomic E-state index is -1.82. The quantitative estimate of drug-likeness (QED) is 0.488. The Morgan fingerprint density at radius 3 is 1.89 bits per heavy atom. The van der Waals surface area contributed by atoms with Gasteiger partial charge in [0.05, 0.1) is 14.2 Å². The Balaban J connectivity index is 0.000000568. The van der Waals surface area contributed by atoms with Crippen LogP contribution in [-0.2, 0) is 16.1 Å². The van der Waals surface area contributed by atoms with Crippen molar-refractivity contribution in [2.24, 2.45) is 0 Å². The van der Waals surface area contributed by atoms with Crippen LogP contribution in [0.5, 0.6) is 11.5 Å². The first-order valence-electron chi connectivity index (χ1n) is 11.7. The lowest BCUT2D eigenvalue weighted by Gasteiger charge is -2.35. The molecule has 1 heterocycles. The zero-order valence-electron chi connectivity index (χ0n) is 20.8. The van der Waals surface area contributed by atoms with Gasteiger partial charge in [-0.05, 0) is 29.3 Å². The lowest BCUT2D eigenvalue weighted by molar-refractivity contribution is -0.159. The molecule has 4 rings (SSSR count). The fourth-order valence-electron chi connectivity index (χ4n) is 3.95. The lowest BCUT2D eigenvalue weighted by atomic mass is 10.0. The molecule has 9 nitrogen and oxygen atoms in total. The molecule has 0 saturated carbocycles. The van der Waals surface area contributed by atoms with Gasteiger partial charge in [-0.1, -0.05) is 48.5 Å². The summed E-state index contributed by atoms with van der Waals surface area (Å²) in [7, 11) is 3.33. The number of piperazine rings is 1. The fourth-order valence-corrected chi connectivity index (χ4v) is 3.95. The monoisotopic (exact) mass is 506 g/mol. The van der Waals surface area contributed by atoms with Crippen molar-refractivity contribution in [3.05, 3.63) is 83.9 Å². The number of nitrogens with zero attached hydrogens (tertiary/aromatic N) is 2. The number of methoxy groups -OCH3 is 2. The van der Waals surface area contributed by atoms with Crippen LogP contribution in [0.3, 0.4) is 0 Å². The van der Waals surface area contributed by atoms with Gasteiger partial charge < -0.3 is 24.6 Å². The number of carboxylic acids is 2. The van der Waals surface area contributed by atoms with E-state index < -0.39 is 11.9 Å². The Kier molecular flexibility index (Phi) is 9.62. The summed E-state index contributed by atoms with van der Waals surface area (Å²) >= 11 is 0. The average Bonchev–Trinajstić information content (AvgIpc) is 2.94. The van der Waals surface area contributed by atoms with Crippen LogP contribution in [0.2, 0.25) is 0 Å². The highest BCUT2D eigenvalue weighted by Gasteiger charge is 2.23. The van der Waals surface area contributed by atoms with Crippen LogP contribution in [0.25, 0.3) is 11.1 Å². The van der Waals surface area contributed by atoms with Gasteiger partial charge in [-0.3, -0.25) is 9.69 Å². The van der Waals surface area contributed by atoms with Gasteiger partial charge >= 0.3 is 11.9 Å². The van der Waals surface area contributed by atoms with Crippen molar-refractivity contribution in [1.82, 2.24) is 9.80 Å². The summed E-state index contributed by atoms with van der Waals surface area (Å²) in [6.07, 6.45) is 0. The normalized spacial score (nSPS) is 13.2. The molecule has 0 radical (unpaired) electrons. The summed E-state index contributed by atoms with van der Waals surface area (Å²) in [6.45, 7) is 3.91. The van der Waals surface area contributed by atoms with E-state index in [1.54, 1.807) is 14.2 Å². The van der Waals surface area contributed by atoms with E-state index in [9.17, 15) is 4.79 Å². The molecular formula is C28H30N2O7. The van der Waals surface area contributed by atoms with Gasteiger partial charge in [-0.15, -0.1) is 0 Å². The molecule has 0 unspecified atom stereocenters. The molecule has 37 heavy (non-hydrogen) atoms. The molecule has 1 fully saturated rings. The summed E-state index contributed by atoms with van der Waals surface area (Å²) in [5, 5.41) is 14.8. The highest BCUT2D eigenvalue weighted by Crippen LogP contribution is 2.26. The lowest BCUT2D eigenvalue weighted by Crippen LogP contribution is -2.48. The van der Waals surface area contributed by atoms with Gasteiger partial charge in [-0.2, -0.15) is 0 Å². The number of aliphatic carboxylic acids is 2. The van der Waals surface area contributed by atoms with Crippen LogP contribution in [0, 0.1) is 0 Å². The number of carbonyl (C=O) groups excluding carboxylic acids is 1. The molecule has 3 aromatic rings. The first-order chi connectivity index (χ1) is 17.8. The van der Waals surface area contributed by atoms with Crippen LogP contribution in [-0.4, -0.2) is 78.3 Å². The third-order valence-corrected chi connectivity index (χ3v) is 5.97. The molecule has 1 saturated heterocycles. The number of amides is 1. The van der Waals surface area contributed by atoms with Crippen molar-refractivity contribution in [2.45, 2.75) is 6.54 Å². The number of ether oxygens (including phenoxy) is 2. The minimum absolute atomic E-state index is 0.0984. The molecule has 0 bridgehead atoms. The maximum atomic E-state index is 13.0. The molecule has 0 atom stereocenters. The topological polar surface area (TPSA) is 117 Å². The number of benzene rings is 3. The van der Waals surface area contributed by atoms with Crippen LogP contribution in [0.4, 0.5) is 0 Å². The minimum Gasteiger partial charge on any atom is -0.497 e. The van der Waals surface area contributed by atoms with Crippen LogP contribution in [0.1, 0.15) is 15.9 Å². The van der Waals surface area contributed by atoms with Crippen molar-refractivity contribution in [3.8, 4) is 22.6 Å². The Hall–Kier alpha value is -4.37. The van der Waals surface area contributed by atoms with E-state index >= 15 is 0 Å². The molecule has 1 amide bonds. The summed E-state index contributed by atoms with van der Waals surface area (Å²) in [6, 6.07) is 24.0. The first-order valence-corrected chi connectivity index (χ1v) is 11.7. The number of hydrogen-bond donors (Lipinski definition) is 2. The number of carbonyl (C=O) groups is 3.